The Labute approximate surface area is 139 Å². The van der Waals surface area contributed by atoms with Crippen LogP contribution in [0.15, 0.2) is 18.2 Å². The van der Waals surface area contributed by atoms with Crippen molar-refractivity contribution in [3.05, 3.63) is 34.9 Å². The van der Waals surface area contributed by atoms with E-state index in [4.69, 9.17) is 4.74 Å². The molecule has 3 unspecified atom stereocenters. The van der Waals surface area contributed by atoms with Crippen molar-refractivity contribution in [3.8, 4) is 0 Å². The lowest BCUT2D eigenvalue weighted by atomic mass is 9.98. The van der Waals surface area contributed by atoms with Crippen LogP contribution in [-0.2, 0) is 9.53 Å². The zero-order valence-electron chi connectivity index (χ0n) is 14.5. The molecule has 2 aliphatic rings. The quantitative estimate of drug-likeness (QED) is 0.932. The lowest BCUT2D eigenvalue weighted by molar-refractivity contribution is -0.145. The van der Waals surface area contributed by atoms with E-state index in [0.717, 1.165) is 13.0 Å². The van der Waals surface area contributed by atoms with Crippen LogP contribution in [0, 0.1) is 13.8 Å². The molecule has 1 amide bonds. The highest BCUT2D eigenvalue weighted by Gasteiger charge is 2.32. The van der Waals surface area contributed by atoms with Crippen molar-refractivity contribution in [2.24, 2.45) is 0 Å². The van der Waals surface area contributed by atoms with Gasteiger partial charge in [-0.05, 0) is 51.3 Å². The molecule has 23 heavy (non-hydrogen) atoms. The van der Waals surface area contributed by atoms with E-state index < -0.39 is 0 Å². The zero-order chi connectivity index (χ0) is 16.4. The van der Waals surface area contributed by atoms with E-state index in [0.29, 0.717) is 25.6 Å². The lowest BCUT2D eigenvalue weighted by Gasteiger charge is -2.39. The number of rotatable bonds is 3. The van der Waals surface area contributed by atoms with Crippen LogP contribution in [0.1, 0.15) is 49.0 Å². The van der Waals surface area contributed by atoms with Crippen LogP contribution in [0.3, 0.4) is 0 Å². The third-order valence-electron chi connectivity index (χ3n) is 5.12. The van der Waals surface area contributed by atoms with E-state index in [1.165, 1.54) is 23.1 Å². The number of aryl methyl sites for hydroxylation is 2. The number of ether oxygens (including phenoxy) is 1. The maximum absolute atomic E-state index is 12.7. The fourth-order valence-electron chi connectivity index (χ4n) is 3.66. The van der Waals surface area contributed by atoms with Crippen LogP contribution in [0.25, 0.3) is 0 Å². The van der Waals surface area contributed by atoms with Crippen molar-refractivity contribution in [1.29, 1.82) is 0 Å². The summed E-state index contributed by atoms with van der Waals surface area (Å²) in [6.45, 7) is 8.62. The Morgan fingerprint density at radius 1 is 1.39 bits per heavy atom. The Kier molecular flexibility index (Phi) is 5.02. The summed E-state index contributed by atoms with van der Waals surface area (Å²) >= 11 is 0. The molecule has 126 valence electrons. The number of hydrogen-bond donors (Lipinski definition) is 1. The van der Waals surface area contributed by atoms with E-state index in [-0.39, 0.29) is 18.1 Å². The second-order valence-corrected chi connectivity index (χ2v) is 7.07. The number of amides is 1. The minimum atomic E-state index is -0.00779. The predicted molar refractivity (Wildman–Crippen MR) is 91.4 cm³/mol. The van der Waals surface area contributed by atoms with Crippen molar-refractivity contribution >= 4 is 5.91 Å². The van der Waals surface area contributed by atoms with Gasteiger partial charge < -0.3 is 15.0 Å². The van der Waals surface area contributed by atoms with Crippen LogP contribution in [0.4, 0.5) is 0 Å². The summed E-state index contributed by atoms with van der Waals surface area (Å²) in [5.41, 5.74) is 3.69. The van der Waals surface area contributed by atoms with Gasteiger partial charge in [-0.2, -0.15) is 0 Å². The Balaban J connectivity index is 1.70. The minimum absolute atomic E-state index is 0.00779. The molecule has 0 radical (unpaired) electrons. The standard InChI is InChI=1S/C19H28N2O2/c1-13-6-7-14(2)17(9-13)18-11-21(15(3)12-23-18)19(22)10-16-5-4-8-20-16/h6-7,9,15-16,18,20H,4-5,8,10-12H2,1-3H3. The Hall–Kier alpha value is -1.39. The van der Waals surface area contributed by atoms with Crippen LogP contribution < -0.4 is 5.32 Å². The summed E-state index contributed by atoms with van der Waals surface area (Å²) in [5, 5.41) is 3.42. The highest BCUT2D eigenvalue weighted by atomic mass is 16.5. The van der Waals surface area contributed by atoms with Crippen molar-refractivity contribution in [1.82, 2.24) is 10.2 Å². The van der Waals surface area contributed by atoms with E-state index in [2.05, 4.69) is 44.3 Å². The summed E-state index contributed by atoms with van der Waals surface area (Å²) in [7, 11) is 0. The molecule has 1 aromatic rings. The molecule has 1 N–H and O–H groups in total. The normalized spacial score (nSPS) is 28.1. The van der Waals surface area contributed by atoms with Crippen molar-refractivity contribution in [2.75, 3.05) is 19.7 Å². The number of benzene rings is 1. The van der Waals surface area contributed by atoms with Crippen LogP contribution >= 0.6 is 0 Å². The van der Waals surface area contributed by atoms with E-state index >= 15 is 0 Å². The molecule has 4 heteroatoms. The number of carbonyl (C=O) groups is 1. The smallest absolute Gasteiger partial charge is 0.224 e. The first-order valence-corrected chi connectivity index (χ1v) is 8.76. The molecule has 3 atom stereocenters. The first-order valence-electron chi connectivity index (χ1n) is 8.76. The largest absolute Gasteiger partial charge is 0.370 e. The van der Waals surface area contributed by atoms with Gasteiger partial charge in [0.15, 0.2) is 0 Å². The summed E-state index contributed by atoms with van der Waals surface area (Å²) < 4.78 is 6.05. The van der Waals surface area contributed by atoms with Gasteiger partial charge in [0.1, 0.15) is 6.10 Å². The van der Waals surface area contributed by atoms with Gasteiger partial charge in [-0.15, -0.1) is 0 Å². The van der Waals surface area contributed by atoms with Gasteiger partial charge in [0.2, 0.25) is 5.91 Å². The molecule has 0 spiro atoms. The van der Waals surface area contributed by atoms with Gasteiger partial charge in [-0.25, -0.2) is 0 Å². The molecule has 2 fully saturated rings. The molecule has 2 saturated heterocycles. The average molecular weight is 316 g/mol. The molecule has 0 bridgehead atoms. The van der Waals surface area contributed by atoms with Gasteiger partial charge in [-0.3, -0.25) is 4.79 Å². The monoisotopic (exact) mass is 316 g/mol. The predicted octanol–water partition coefficient (Wildman–Crippen LogP) is 2.73. The first-order chi connectivity index (χ1) is 11.0. The molecule has 0 aromatic heterocycles. The fraction of sp³-hybridized carbons (Fsp3) is 0.632. The van der Waals surface area contributed by atoms with Crippen LogP contribution in [0.5, 0.6) is 0 Å². The molecule has 0 saturated carbocycles. The summed E-state index contributed by atoms with van der Waals surface area (Å²) in [6.07, 6.45) is 2.91. The summed E-state index contributed by atoms with van der Waals surface area (Å²) in [4.78, 5) is 14.7. The Morgan fingerprint density at radius 3 is 2.96 bits per heavy atom. The highest BCUT2D eigenvalue weighted by Crippen LogP contribution is 2.28. The second kappa shape index (κ2) is 7.02. The molecule has 1 aromatic carbocycles. The topological polar surface area (TPSA) is 41.6 Å². The number of hydrogen-bond acceptors (Lipinski definition) is 3. The molecule has 2 heterocycles. The molecular formula is C19H28N2O2. The van der Waals surface area contributed by atoms with Crippen molar-refractivity contribution in [2.45, 2.75) is 58.2 Å². The Morgan fingerprint density at radius 2 is 2.22 bits per heavy atom. The lowest BCUT2D eigenvalue weighted by Crippen LogP contribution is -2.49. The van der Waals surface area contributed by atoms with Gasteiger partial charge in [0, 0.05) is 12.5 Å². The first kappa shape index (κ1) is 16.5. The van der Waals surface area contributed by atoms with E-state index in [9.17, 15) is 4.79 Å². The third-order valence-corrected chi connectivity index (χ3v) is 5.12. The molecule has 3 rings (SSSR count). The molecular weight excluding hydrogens is 288 g/mol. The van der Waals surface area contributed by atoms with Gasteiger partial charge in [-0.1, -0.05) is 23.8 Å². The van der Waals surface area contributed by atoms with Gasteiger partial charge in [0.05, 0.1) is 19.2 Å². The van der Waals surface area contributed by atoms with Crippen LogP contribution in [0.2, 0.25) is 0 Å². The van der Waals surface area contributed by atoms with Crippen LogP contribution in [-0.4, -0.2) is 42.6 Å². The average Bonchev–Trinajstić information content (AvgIpc) is 3.03. The van der Waals surface area contributed by atoms with Crippen molar-refractivity contribution < 1.29 is 9.53 Å². The number of carbonyl (C=O) groups excluding carboxylic acids is 1. The van der Waals surface area contributed by atoms with E-state index in [1.807, 2.05) is 4.90 Å². The zero-order valence-corrected chi connectivity index (χ0v) is 14.5. The Bertz CT molecular complexity index is 566. The molecule has 2 aliphatic heterocycles. The summed E-state index contributed by atoms with van der Waals surface area (Å²) in [6, 6.07) is 6.97. The van der Waals surface area contributed by atoms with E-state index in [1.54, 1.807) is 0 Å². The molecule has 4 nitrogen and oxygen atoms in total. The summed E-state index contributed by atoms with van der Waals surface area (Å²) in [5.74, 6) is 0.260. The fourth-order valence-corrected chi connectivity index (χ4v) is 3.66. The molecule has 0 aliphatic carbocycles. The maximum atomic E-state index is 12.7. The van der Waals surface area contributed by atoms with Crippen molar-refractivity contribution in [3.63, 3.8) is 0 Å². The van der Waals surface area contributed by atoms with Gasteiger partial charge >= 0.3 is 0 Å². The number of morpholine rings is 1. The highest BCUT2D eigenvalue weighted by molar-refractivity contribution is 5.77. The van der Waals surface area contributed by atoms with Gasteiger partial charge in [0.25, 0.3) is 0 Å². The third kappa shape index (κ3) is 3.75. The minimum Gasteiger partial charge on any atom is -0.370 e. The SMILES string of the molecule is Cc1ccc(C)c(C2CN(C(=O)CC3CCCN3)C(C)CO2)c1. The number of nitrogens with one attached hydrogen (secondary N) is 1. The maximum Gasteiger partial charge on any atom is 0.224 e. The second-order valence-electron chi connectivity index (χ2n) is 7.07. The number of nitrogens with zero attached hydrogens (tertiary/aromatic N) is 1.